The highest BCUT2D eigenvalue weighted by Gasteiger charge is 2.24. The molecule has 1 aromatic carbocycles. The summed E-state index contributed by atoms with van der Waals surface area (Å²) < 4.78 is 5.87. The molecule has 2 aromatic rings. The van der Waals surface area contributed by atoms with Crippen molar-refractivity contribution in [3.05, 3.63) is 30.1 Å². The number of ether oxygens (including phenoxy) is 1. The smallest absolute Gasteiger partial charge is 0.137 e. The summed E-state index contributed by atoms with van der Waals surface area (Å²) in [6.45, 7) is 6.95. The van der Waals surface area contributed by atoms with E-state index < -0.39 is 0 Å². The van der Waals surface area contributed by atoms with Crippen LogP contribution >= 0.6 is 0 Å². The van der Waals surface area contributed by atoms with Crippen molar-refractivity contribution in [2.45, 2.75) is 26.0 Å². The van der Waals surface area contributed by atoms with E-state index in [-0.39, 0.29) is 12.1 Å². The summed E-state index contributed by atoms with van der Waals surface area (Å²) in [6, 6.07) is 6.38. The second-order valence-electron chi connectivity index (χ2n) is 5.80. The first kappa shape index (κ1) is 14.2. The van der Waals surface area contributed by atoms with Gasteiger partial charge in [-0.15, -0.1) is 0 Å². The number of hydrogen-bond acceptors (Lipinski definition) is 5. The normalized spacial score (nSPS) is 21.4. The van der Waals surface area contributed by atoms with Crippen molar-refractivity contribution < 1.29 is 4.74 Å². The highest BCUT2D eigenvalue weighted by Crippen LogP contribution is 2.23. The molecule has 2 unspecified atom stereocenters. The molecular weight excluding hydrogens is 264 g/mol. The second kappa shape index (κ2) is 5.95. The van der Waals surface area contributed by atoms with Crippen LogP contribution in [0.3, 0.4) is 0 Å². The summed E-state index contributed by atoms with van der Waals surface area (Å²) >= 11 is 0. The quantitative estimate of drug-likeness (QED) is 0.936. The summed E-state index contributed by atoms with van der Waals surface area (Å²) in [4.78, 5) is 11.1. The molecule has 5 nitrogen and oxygen atoms in total. The summed E-state index contributed by atoms with van der Waals surface area (Å²) in [5.74, 6) is 0.882. The van der Waals surface area contributed by atoms with Gasteiger partial charge in [0.1, 0.15) is 12.1 Å². The van der Waals surface area contributed by atoms with Gasteiger partial charge in [-0.05, 0) is 32.5 Å². The minimum atomic E-state index is 0.179. The number of aromatic nitrogens is 2. The lowest BCUT2D eigenvalue weighted by Crippen LogP contribution is -2.47. The third-order valence-corrected chi connectivity index (χ3v) is 4.09. The highest BCUT2D eigenvalue weighted by molar-refractivity contribution is 5.90. The predicted molar refractivity (Wildman–Crippen MR) is 84.6 cm³/mol. The zero-order valence-electron chi connectivity index (χ0n) is 12.8. The zero-order chi connectivity index (χ0) is 14.8. The third kappa shape index (κ3) is 2.99. The highest BCUT2D eigenvalue weighted by atomic mass is 16.5. The van der Waals surface area contributed by atoms with Crippen LogP contribution in [-0.4, -0.2) is 53.8 Å². The van der Waals surface area contributed by atoms with E-state index in [4.69, 9.17) is 4.74 Å². The van der Waals surface area contributed by atoms with Crippen molar-refractivity contribution in [3.8, 4) is 0 Å². The maximum Gasteiger partial charge on any atom is 0.137 e. The number of benzene rings is 1. The first-order chi connectivity index (χ1) is 10.1. The summed E-state index contributed by atoms with van der Waals surface area (Å²) in [7, 11) is 2.13. The minimum absolute atomic E-state index is 0.179. The Morgan fingerprint density at radius 2 is 2.24 bits per heavy atom. The van der Waals surface area contributed by atoms with Gasteiger partial charge in [-0.25, -0.2) is 9.97 Å². The average Bonchev–Trinajstić information content (AvgIpc) is 2.48. The zero-order valence-corrected chi connectivity index (χ0v) is 12.8. The molecule has 0 radical (unpaired) electrons. The fourth-order valence-corrected chi connectivity index (χ4v) is 2.77. The van der Waals surface area contributed by atoms with Gasteiger partial charge >= 0.3 is 0 Å². The molecule has 0 spiro atoms. The van der Waals surface area contributed by atoms with Crippen LogP contribution in [0.5, 0.6) is 0 Å². The van der Waals surface area contributed by atoms with E-state index >= 15 is 0 Å². The van der Waals surface area contributed by atoms with Crippen LogP contribution < -0.4 is 5.32 Å². The van der Waals surface area contributed by atoms with Crippen LogP contribution in [0.1, 0.15) is 12.5 Å². The van der Waals surface area contributed by atoms with Gasteiger partial charge in [0, 0.05) is 18.5 Å². The third-order valence-electron chi connectivity index (χ3n) is 4.09. The molecular formula is C16H22N4O. The first-order valence-electron chi connectivity index (χ1n) is 7.42. The van der Waals surface area contributed by atoms with Gasteiger partial charge in [-0.3, -0.25) is 0 Å². The Hall–Kier alpha value is -1.72. The molecule has 1 saturated heterocycles. The Kier molecular flexibility index (Phi) is 4.03. The van der Waals surface area contributed by atoms with Crippen molar-refractivity contribution in [1.29, 1.82) is 0 Å². The lowest BCUT2D eigenvalue weighted by Gasteiger charge is -2.34. The van der Waals surface area contributed by atoms with Gasteiger partial charge < -0.3 is 15.0 Å². The van der Waals surface area contributed by atoms with E-state index in [1.807, 2.05) is 6.07 Å². The van der Waals surface area contributed by atoms with Gasteiger partial charge in [0.05, 0.1) is 24.3 Å². The van der Waals surface area contributed by atoms with E-state index in [0.29, 0.717) is 0 Å². The Labute approximate surface area is 125 Å². The minimum Gasteiger partial charge on any atom is -0.373 e. The van der Waals surface area contributed by atoms with E-state index in [2.05, 4.69) is 53.2 Å². The number of morpholine rings is 1. The first-order valence-corrected chi connectivity index (χ1v) is 7.42. The number of para-hydroxylation sites is 1. The number of anilines is 1. The van der Waals surface area contributed by atoms with Crippen LogP contribution in [0.4, 0.5) is 5.82 Å². The van der Waals surface area contributed by atoms with Crippen LogP contribution in [0.25, 0.3) is 10.9 Å². The monoisotopic (exact) mass is 286 g/mol. The van der Waals surface area contributed by atoms with Crippen molar-refractivity contribution in [2.75, 3.05) is 32.1 Å². The fraction of sp³-hybridized carbons (Fsp3) is 0.500. The van der Waals surface area contributed by atoms with Gasteiger partial charge in [0.15, 0.2) is 0 Å². The second-order valence-corrected chi connectivity index (χ2v) is 5.80. The predicted octanol–water partition coefficient (Wildman–Crippen LogP) is 2.07. The number of likely N-dealkylation sites (N-methyl/N-ethyl adjacent to an activating group) is 1. The molecule has 5 heteroatoms. The topological polar surface area (TPSA) is 50.3 Å². The molecule has 0 aliphatic carbocycles. The molecule has 112 valence electrons. The number of nitrogens with one attached hydrogen (secondary N) is 1. The molecule has 0 bridgehead atoms. The molecule has 1 N–H and O–H groups in total. The lowest BCUT2D eigenvalue weighted by molar-refractivity contribution is -0.0259. The molecule has 2 atom stereocenters. The Balaban J connectivity index is 1.83. The maximum absolute atomic E-state index is 5.87. The van der Waals surface area contributed by atoms with E-state index in [0.717, 1.165) is 36.4 Å². The lowest BCUT2D eigenvalue weighted by atomic mass is 10.1. The SMILES string of the molecule is Cc1cccc2c(NC(C)C3CN(C)CCO3)ncnc12. The van der Waals surface area contributed by atoms with Crippen molar-refractivity contribution in [3.63, 3.8) is 0 Å². The number of nitrogens with zero attached hydrogens (tertiary/aromatic N) is 3. The standard InChI is InChI=1S/C16H22N4O/c1-11-5-4-6-13-15(11)17-10-18-16(13)19-12(2)14-9-20(3)7-8-21-14/h4-6,10,12,14H,7-9H2,1-3H3,(H,17,18,19). The maximum atomic E-state index is 5.87. The van der Waals surface area contributed by atoms with Crippen molar-refractivity contribution in [2.24, 2.45) is 0 Å². The van der Waals surface area contributed by atoms with Crippen LogP contribution in [-0.2, 0) is 4.74 Å². The molecule has 3 rings (SSSR count). The molecule has 1 aromatic heterocycles. The van der Waals surface area contributed by atoms with E-state index in [1.165, 1.54) is 5.56 Å². The van der Waals surface area contributed by atoms with E-state index in [1.54, 1.807) is 6.33 Å². The summed E-state index contributed by atoms with van der Waals surface area (Å²) in [6.07, 6.45) is 1.80. The van der Waals surface area contributed by atoms with Gasteiger partial charge in [0.25, 0.3) is 0 Å². The van der Waals surface area contributed by atoms with Crippen LogP contribution in [0, 0.1) is 6.92 Å². The molecule has 1 aliphatic heterocycles. The van der Waals surface area contributed by atoms with Crippen molar-refractivity contribution in [1.82, 2.24) is 14.9 Å². The number of fused-ring (bicyclic) bond motifs is 1. The fourth-order valence-electron chi connectivity index (χ4n) is 2.77. The van der Waals surface area contributed by atoms with E-state index in [9.17, 15) is 0 Å². The molecule has 2 heterocycles. The molecule has 0 saturated carbocycles. The Bertz CT molecular complexity index is 631. The largest absolute Gasteiger partial charge is 0.373 e. The van der Waals surface area contributed by atoms with Gasteiger partial charge in [0.2, 0.25) is 0 Å². The van der Waals surface area contributed by atoms with Gasteiger partial charge in [-0.1, -0.05) is 12.1 Å². The van der Waals surface area contributed by atoms with Gasteiger partial charge in [-0.2, -0.15) is 0 Å². The summed E-state index contributed by atoms with van der Waals surface area (Å²) in [5.41, 5.74) is 2.17. The molecule has 1 fully saturated rings. The molecule has 0 amide bonds. The Morgan fingerprint density at radius 3 is 3.05 bits per heavy atom. The van der Waals surface area contributed by atoms with Crippen LogP contribution in [0.2, 0.25) is 0 Å². The number of rotatable bonds is 3. The van der Waals surface area contributed by atoms with Crippen molar-refractivity contribution >= 4 is 16.7 Å². The number of aryl methyl sites for hydroxylation is 1. The molecule has 21 heavy (non-hydrogen) atoms. The summed E-state index contributed by atoms with van der Waals surface area (Å²) in [5, 5.41) is 4.56. The molecule has 1 aliphatic rings. The van der Waals surface area contributed by atoms with Crippen LogP contribution in [0.15, 0.2) is 24.5 Å². The number of hydrogen-bond donors (Lipinski definition) is 1. The average molecular weight is 286 g/mol. The Morgan fingerprint density at radius 1 is 1.38 bits per heavy atom.